The standard InChI is InChI=1S/C17H16O8/c18-10(8-4-6-12(20)16(24)14(8)22)2-1-3-11(19)9-5-7-13(21)17(25)15(9)23/h4-7,20-25H,1-3H2. The Morgan fingerprint density at radius 2 is 0.960 bits per heavy atom. The number of Topliss-reactive ketones (excluding diaryl/α,β-unsaturated/α-hetero) is 2. The first-order valence-corrected chi connectivity index (χ1v) is 7.28. The molecule has 132 valence electrons. The average molecular weight is 348 g/mol. The highest BCUT2D eigenvalue weighted by Gasteiger charge is 2.19. The number of ketones is 2. The number of carbonyl (C=O) groups excluding carboxylic acids is 2. The highest BCUT2D eigenvalue weighted by molar-refractivity contribution is 6.01. The molecule has 0 saturated carbocycles. The van der Waals surface area contributed by atoms with Crippen LogP contribution in [0.1, 0.15) is 40.0 Å². The van der Waals surface area contributed by atoms with Gasteiger partial charge in [0.15, 0.2) is 34.6 Å². The molecule has 0 saturated heterocycles. The minimum atomic E-state index is -0.800. The van der Waals surface area contributed by atoms with Crippen molar-refractivity contribution in [3.8, 4) is 34.5 Å². The SMILES string of the molecule is O=C(CCCC(=O)c1ccc(O)c(O)c1O)c1ccc(O)c(O)c1O. The van der Waals surface area contributed by atoms with E-state index < -0.39 is 46.1 Å². The van der Waals surface area contributed by atoms with Crippen molar-refractivity contribution in [3.63, 3.8) is 0 Å². The minimum absolute atomic E-state index is 0.0832. The van der Waals surface area contributed by atoms with E-state index in [2.05, 4.69) is 0 Å². The molecule has 0 fully saturated rings. The first-order valence-electron chi connectivity index (χ1n) is 7.28. The molecule has 0 radical (unpaired) electrons. The fourth-order valence-electron chi connectivity index (χ4n) is 2.27. The molecule has 0 spiro atoms. The third-order valence-electron chi connectivity index (χ3n) is 3.67. The highest BCUT2D eigenvalue weighted by atomic mass is 16.3. The number of hydrogen-bond acceptors (Lipinski definition) is 8. The van der Waals surface area contributed by atoms with E-state index in [1.807, 2.05) is 0 Å². The summed E-state index contributed by atoms with van der Waals surface area (Å²) in [6, 6.07) is 4.42. The summed E-state index contributed by atoms with van der Waals surface area (Å²) >= 11 is 0. The van der Waals surface area contributed by atoms with Crippen molar-refractivity contribution in [2.24, 2.45) is 0 Å². The van der Waals surface area contributed by atoms with Crippen molar-refractivity contribution in [2.45, 2.75) is 19.3 Å². The van der Waals surface area contributed by atoms with Crippen LogP contribution in [-0.2, 0) is 0 Å². The molecule has 0 amide bonds. The van der Waals surface area contributed by atoms with Crippen LogP contribution < -0.4 is 0 Å². The number of hydrogen-bond donors (Lipinski definition) is 6. The van der Waals surface area contributed by atoms with Gasteiger partial charge in [-0.05, 0) is 30.7 Å². The molecule has 0 aliphatic carbocycles. The molecular formula is C17H16O8. The summed E-state index contributed by atoms with van der Waals surface area (Å²) in [7, 11) is 0. The molecule has 0 unspecified atom stereocenters. The van der Waals surface area contributed by atoms with Gasteiger partial charge in [-0.2, -0.15) is 0 Å². The Morgan fingerprint density at radius 1 is 0.600 bits per heavy atom. The molecule has 0 aromatic heterocycles. The number of phenolic OH excluding ortho intramolecular Hbond substituents is 6. The van der Waals surface area contributed by atoms with E-state index >= 15 is 0 Å². The topological polar surface area (TPSA) is 156 Å². The first-order chi connectivity index (χ1) is 11.7. The number of rotatable bonds is 6. The van der Waals surface area contributed by atoms with Gasteiger partial charge in [0.2, 0.25) is 11.5 Å². The van der Waals surface area contributed by atoms with Crippen LogP contribution in [0.25, 0.3) is 0 Å². The zero-order chi connectivity index (χ0) is 18.7. The van der Waals surface area contributed by atoms with E-state index in [1.165, 1.54) is 0 Å². The summed E-state index contributed by atoms with van der Waals surface area (Å²) in [6.07, 6.45) is -0.178. The number of carbonyl (C=O) groups is 2. The van der Waals surface area contributed by atoms with Gasteiger partial charge in [-0.1, -0.05) is 0 Å². The smallest absolute Gasteiger partial charge is 0.201 e. The number of aromatic hydroxyl groups is 6. The number of benzene rings is 2. The Kier molecular flexibility index (Phi) is 5.02. The van der Waals surface area contributed by atoms with Crippen molar-refractivity contribution in [1.29, 1.82) is 0 Å². The normalized spacial score (nSPS) is 10.6. The molecule has 8 nitrogen and oxygen atoms in total. The third-order valence-corrected chi connectivity index (χ3v) is 3.67. The van der Waals surface area contributed by atoms with E-state index in [9.17, 15) is 40.2 Å². The fourth-order valence-corrected chi connectivity index (χ4v) is 2.27. The molecule has 2 aromatic carbocycles. The van der Waals surface area contributed by atoms with Gasteiger partial charge in [0.1, 0.15) is 0 Å². The third kappa shape index (κ3) is 3.57. The van der Waals surface area contributed by atoms with Crippen LogP contribution >= 0.6 is 0 Å². The van der Waals surface area contributed by atoms with Crippen molar-refractivity contribution >= 4 is 11.6 Å². The molecule has 0 aliphatic heterocycles. The van der Waals surface area contributed by atoms with Crippen LogP contribution in [0, 0.1) is 0 Å². The average Bonchev–Trinajstić information content (AvgIpc) is 2.57. The number of phenols is 6. The van der Waals surface area contributed by atoms with Gasteiger partial charge in [-0.25, -0.2) is 0 Å². The van der Waals surface area contributed by atoms with Crippen molar-refractivity contribution < 1.29 is 40.2 Å². The summed E-state index contributed by atoms with van der Waals surface area (Å²) in [4.78, 5) is 24.1. The van der Waals surface area contributed by atoms with E-state index in [0.717, 1.165) is 24.3 Å². The Labute approximate surface area is 141 Å². The summed E-state index contributed by atoms with van der Waals surface area (Å²) in [5.74, 6) is -5.29. The molecule has 0 atom stereocenters. The molecule has 2 aromatic rings. The first kappa shape index (κ1) is 17.9. The maximum absolute atomic E-state index is 12.0. The van der Waals surface area contributed by atoms with Crippen molar-refractivity contribution in [2.75, 3.05) is 0 Å². The molecule has 6 N–H and O–H groups in total. The zero-order valence-electron chi connectivity index (χ0n) is 12.9. The molecule has 2 rings (SSSR count). The van der Waals surface area contributed by atoms with E-state index in [-0.39, 0.29) is 30.4 Å². The summed E-state index contributed by atoms with van der Waals surface area (Å²) in [5, 5.41) is 56.5. The summed E-state index contributed by atoms with van der Waals surface area (Å²) < 4.78 is 0. The summed E-state index contributed by atoms with van der Waals surface area (Å²) in [6.45, 7) is 0. The quantitative estimate of drug-likeness (QED) is 0.342. The Hall–Kier alpha value is -3.42. The van der Waals surface area contributed by atoms with Gasteiger partial charge >= 0.3 is 0 Å². The van der Waals surface area contributed by atoms with Crippen LogP contribution in [0.5, 0.6) is 34.5 Å². The minimum Gasteiger partial charge on any atom is -0.504 e. The Morgan fingerprint density at radius 3 is 1.32 bits per heavy atom. The lowest BCUT2D eigenvalue weighted by Crippen LogP contribution is -2.04. The van der Waals surface area contributed by atoms with Gasteiger partial charge in [-0.3, -0.25) is 9.59 Å². The van der Waals surface area contributed by atoms with Gasteiger partial charge < -0.3 is 30.6 Å². The lowest BCUT2D eigenvalue weighted by molar-refractivity contribution is 0.0954. The van der Waals surface area contributed by atoms with Crippen LogP contribution in [0.3, 0.4) is 0 Å². The maximum atomic E-state index is 12.0. The lowest BCUT2D eigenvalue weighted by Gasteiger charge is -2.08. The van der Waals surface area contributed by atoms with Gasteiger partial charge in [0, 0.05) is 12.8 Å². The molecule has 0 aliphatic rings. The largest absolute Gasteiger partial charge is 0.504 e. The highest BCUT2D eigenvalue weighted by Crippen LogP contribution is 2.39. The van der Waals surface area contributed by atoms with Gasteiger partial charge in [-0.15, -0.1) is 0 Å². The molecule has 0 bridgehead atoms. The monoisotopic (exact) mass is 348 g/mol. The predicted octanol–water partition coefficient (Wildman–Crippen LogP) is 2.16. The Bertz CT molecular complexity index is 772. The van der Waals surface area contributed by atoms with E-state index in [0.29, 0.717) is 0 Å². The second-order valence-corrected chi connectivity index (χ2v) is 5.36. The van der Waals surface area contributed by atoms with Crippen LogP contribution in [0.2, 0.25) is 0 Å². The maximum Gasteiger partial charge on any atom is 0.201 e. The van der Waals surface area contributed by atoms with Crippen molar-refractivity contribution in [1.82, 2.24) is 0 Å². The fraction of sp³-hybridized carbons (Fsp3) is 0.176. The Balaban J connectivity index is 2.01. The second-order valence-electron chi connectivity index (χ2n) is 5.36. The van der Waals surface area contributed by atoms with E-state index in [4.69, 9.17) is 0 Å². The van der Waals surface area contributed by atoms with Crippen molar-refractivity contribution in [3.05, 3.63) is 35.4 Å². The van der Waals surface area contributed by atoms with Crippen LogP contribution in [-0.4, -0.2) is 42.2 Å². The van der Waals surface area contributed by atoms with Crippen LogP contribution in [0.15, 0.2) is 24.3 Å². The van der Waals surface area contributed by atoms with Crippen LogP contribution in [0.4, 0.5) is 0 Å². The van der Waals surface area contributed by atoms with Gasteiger partial charge in [0.05, 0.1) is 11.1 Å². The van der Waals surface area contributed by atoms with Gasteiger partial charge in [0.25, 0.3) is 0 Å². The zero-order valence-corrected chi connectivity index (χ0v) is 12.9. The summed E-state index contributed by atoms with van der Waals surface area (Å²) in [5.41, 5.74) is -0.374. The molecule has 0 heterocycles. The molecule has 25 heavy (non-hydrogen) atoms. The van der Waals surface area contributed by atoms with E-state index in [1.54, 1.807) is 0 Å². The second kappa shape index (κ2) is 7.00. The lowest BCUT2D eigenvalue weighted by atomic mass is 10.00. The molecular weight excluding hydrogens is 332 g/mol. The predicted molar refractivity (Wildman–Crippen MR) is 85.4 cm³/mol. The molecule has 8 heteroatoms.